The van der Waals surface area contributed by atoms with Gasteiger partial charge in [-0.25, -0.2) is 4.39 Å². The van der Waals surface area contributed by atoms with Crippen LogP contribution < -0.4 is 0 Å². The molecule has 96 valence electrons. The van der Waals surface area contributed by atoms with Crippen molar-refractivity contribution in [3.8, 4) is 0 Å². The van der Waals surface area contributed by atoms with Gasteiger partial charge in [-0.2, -0.15) is 0 Å². The maximum Gasteiger partial charge on any atom is 0.126 e. The molecule has 1 atom stereocenters. The zero-order chi connectivity index (χ0) is 13.4. The van der Waals surface area contributed by atoms with E-state index in [1.54, 1.807) is 18.3 Å². The van der Waals surface area contributed by atoms with Gasteiger partial charge in [0.05, 0.1) is 4.83 Å². The number of halogens is 2. The van der Waals surface area contributed by atoms with Gasteiger partial charge in [0.25, 0.3) is 0 Å². The Labute approximate surface area is 124 Å². The fraction of sp³-hybridized carbons (Fsp3) is 0.125. The summed E-state index contributed by atoms with van der Waals surface area (Å²) >= 11 is 5.48. The molecular formula is C16H12BrFS. The molecule has 2 aromatic carbocycles. The van der Waals surface area contributed by atoms with Crippen LogP contribution in [0.15, 0.2) is 47.8 Å². The van der Waals surface area contributed by atoms with Gasteiger partial charge in [0.2, 0.25) is 0 Å². The largest absolute Gasteiger partial charge is 0.207 e. The summed E-state index contributed by atoms with van der Waals surface area (Å²) in [6, 6.07) is 13.6. The second-order valence-electron chi connectivity index (χ2n) is 4.56. The first-order chi connectivity index (χ1) is 9.16. The van der Waals surface area contributed by atoms with Crippen molar-refractivity contribution in [2.24, 2.45) is 0 Å². The van der Waals surface area contributed by atoms with E-state index in [1.807, 2.05) is 24.3 Å². The molecule has 3 heteroatoms. The zero-order valence-electron chi connectivity index (χ0n) is 10.4. The van der Waals surface area contributed by atoms with Gasteiger partial charge in [0, 0.05) is 4.70 Å². The first-order valence-electron chi connectivity index (χ1n) is 6.03. The number of aryl methyl sites for hydroxylation is 1. The third-order valence-electron chi connectivity index (χ3n) is 3.26. The average Bonchev–Trinajstić information content (AvgIpc) is 2.85. The van der Waals surface area contributed by atoms with Crippen molar-refractivity contribution in [1.29, 1.82) is 0 Å². The van der Waals surface area contributed by atoms with E-state index >= 15 is 0 Å². The highest BCUT2D eigenvalue weighted by Crippen LogP contribution is 2.38. The van der Waals surface area contributed by atoms with Gasteiger partial charge >= 0.3 is 0 Å². The Kier molecular flexibility index (Phi) is 3.42. The number of fused-ring (bicyclic) bond motifs is 1. The van der Waals surface area contributed by atoms with E-state index in [0.29, 0.717) is 5.56 Å². The van der Waals surface area contributed by atoms with Gasteiger partial charge in [0.15, 0.2) is 0 Å². The lowest BCUT2D eigenvalue weighted by Gasteiger charge is -2.11. The van der Waals surface area contributed by atoms with Crippen LogP contribution in [0.3, 0.4) is 0 Å². The molecule has 0 nitrogen and oxygen atoms in total. The minimum absolute atomic E-state index is 0.1000. The lowest BCUT2D eigenvalue weighted by atomic mass is 10.0. The standard InChI is InChI=1S/C16H12BrFS/c1-10-8-11(6-7-14(10)18)16(17)13-9-19-15-5-3-2-4-12(13)15/h2-9,16H,1H3. The molecule has 0 fully saturated rings. The Balaban J connectivity index is 2.08. The average molecular weight is 335 g/mol. The summed E-state index contributed by atoms with van der Waals surface area (Å²) in [5.41, 5.74) is 3.01. The van der Waals surface area contributed by atoms with Crippen molar-refractivity contribution in [2.75, 3.05) is 0 Å². The quantitative estimate of drug-likeness (QED) is 0.517. The predicted octanol–water partition coefficient (Wildman–Crippen LogP) is 5.83. The number of hydrogen-bond donors (Lipinski definition) is 0. The highest BCUT2D eigenvalue weighted by Gasteiger charge is 2.15. The van der Waals surface area contributed by atoms with Crippen molar-refractivity contribution in [3.63, 3.8) is 0 Å². The van der Waals surface area contributed by atoms with E-state index in [4.69, 9.17) is 0 Å². The Morgan fingerprint density at radius 2 is 1.95 bits per heavy atom. The van der Waals surface area contributed by atoms with Crippen LogP contribution in [0.2, 0.25) is 0 Å². The molecule has 0 saturated carbocycles. The molecule has 0 aliphatic rings. The molecule has 3 aromatic rings. The summed E-state index contributed by atoms with van der Waals surface area (Å²) in [5.74, 6) is -0.154. The number of alkyl halides is 1. The van der Waals surface area contributed by atoms with Crippen LogP contribution in [0.4, 0.5) is 4.39 Å². The lowest BCUT2D eigenvalue weighted by Crippen LogP contribution is -1.93. The SMILES string of the molecule is Cc1cc(C(Br)c2csc3ccccc23)ccc1F. The molecule has 0 aliphatic carbocycles. The van der Waals surface area contributed by atoms with Gasteiger partial charge in [-0.3, -0.25) is 0 Å². The van der Waals surface area contributed by atoms with E-state index in [-0.39, 0.29) is 10.6 Å². The van der Waals surface area contributed by atoms with Gasteiger partial charge < -0.3 is 0 Å². The molecular weight excluding hydrogens is 323 g/mol. The Morgan fingerprint density at radius 1 is 1.16 bits per heavy atom. The number of rotatable bonds is 2. The number of thiophene rings is 1. The second kappa shape index (κ2) is 5.06. The molecule has 0 aliphatic heterocycles. The van der Waals surface area contributed by atoms with E-state index in [2.05, 4.69) is 33.4 Å². The van der Waals surface area contributed by atoms with E-state index in [0.717, 1.165) is 5.56 Å². The molecule has 0 N–H and O–H groups in total. The fourth-order valence-corrected chi connectivity index (χ4v) is 4.03. The van der Waals surface area contributed by atoms with Crippen molar-refractivity contribution in [1.82, 2.24) is 0 Å². The van der Waals surface area contributed by atoms with E-state index in [1.165, 1.54) is 21.7 Å². The summed E-state index contributed by atoms with van der Waals surface area (Å²) in [6.07, 6.45) is 0. The van der Waals surface area contributed by atoms with Gasteiger partial charge in [0.1, 0.15) is 5.82 Å². The summed E-state index contributed by atoms with van der Waals surface area (Å²) in [6.45, 7) is 1.80. The molecule has 1 aromatic heterocycles. The van der Waals surface area contributed by atoms with E-state index in [9.17, 15) is 4.39 Å². The first-order valence-corrected chi connectivity index (χ1v) is 7.82. The normalized spacial score (nSPS) is 12.8. The number of hydrogen-bond acceptors (Lipinski definition) is 1. The molecule has 1 unspecified atom stereocenters. The maximum atomic E-state index is 13.3. The van der Waals surface area contributed by atoms with Gasteiger partial charge in [-0.1, -0.05) is 46.3 Å². The summed E-state index contributed by atoms with van der Waals surface area (Å²) in [7, 11) is 0. The third-order valence-corrected chi connectivity index (χ3v) is 5.26. The Bertz CT molecular complexity index is 732. The van der Waals surface area contributed by atoms with Crippen molar-refractivity contribution < 1.29 is 4.39 Å². The fourth-order valence-electron chi connectivity index (χ4n) is 2.20. The molecule has 0 radical (unpaired) electrons. The van der Waals surface area contributed by atoms with Crippen LogP contribution in [0.5, 0.6) is 0 Å². The molecule has 1 heterocycles. The molecule has 0 spiro atoms. The monoisotopic (exact) mass is 334 g/mol. The van der Waals surface area contributed by atoms with Crippen LogP contribution in [-0.4, -0.2) is 0 Å². The molecule has 0 amide bonds. The van der Waals surface area contributed by atoms with Crippen LogP contribution in [0, 0.1) is 12.7 Å². The van der Waals surface area contributed by atoms with Crippen molar-refractivity contribution in [3.05, 3.63) is 70.4 Å². The second-order valence-corrected chi connectivity index (χ2v) is 6.39. The summed E-state index contributed by atoms with van der Waals surface area (Å²) < 4.78 is 14.6. The first kappa shape index (κ1) is 12.8. The zero-order valence-corrected chi connectivity index (χ0v) is 12.8. The van der Waals surface area contributed by atoms with Crippen LogP contribution in [-0.2, 0) is 0 Å². The molecule has 3 rings (SSSR count). The highest BCUT2D eigenvalue weighted by molar-refractivity contribution is 9.09. The predicted molar refractivity (Wildman–Crippen MR) is 83.7 cm³/mol. The van der Waals surface area contributed by atoms with Crippen molar-refractivity contribution in [2.45, 2.75) is 11.8 Å². The topological polar surface area (TPSA) is 0 Å². The molecule has 0 bridgehead atoms. The van der Waals surface area contributed by atoms with Crippen LogP contribution in [0.1, 0.15) is 21.5 Å². The minimum Gasteiger partial charge on any atom is -0.207 e. The lowest BCUT2D eigenvalue weighted by molar-refractivity contribution is 0.618. The maximum absolute atomic E-state index is 13.3. The summed E-state index contributed by atoms with van der Waals surface area (Å²) in [4.78, 5) is 0.1000. The third kappa shape index (κ3) is 2.33. The minimum atomic E-state index is -0.154. The van der Waals surface area contributed by atoms with Crippen LogP contribution in [0.25, 0.3) is 10.1 Å². The molecule has 0 saturated heterocycles. The van der Waals surface area contributed by atoms with Crippen LogP contribution >= 0.6 is 27.3 Å². The number of benzene rings is 2. The van der Waals surface area contributed by atoms with Gasteiger partial charge in [-0.05, 0) is 46.5 Å². The van der Waals surface area contributed by atoms with Crippen molar-refractivity contribution >= 4 is 37.4 Å². The smallest absolute Gasteiger partial charge is 0.126 e. The highest BCUT2D eigenvalue weighted by atomic mass is 79.9. The van der Waals surface area contributed by atoms with E-state index < -0.39 is 0 Å². The Morgan fingerprint density at radius 3 is 2.74 bits per heavy atom. The Hall–Kier alpha value is -1.19. The van der Waals surface area contributed by atoms with Gasteiger partial charge in [-0.15, -0.1) is 11.3 Å². The molecule has 19 heavy (non-hydrogen) atoms. The summed E-state index contributed by atoms with van der Waals surface area (Å²) in [5, 5.41) is 3.43.